The van der Waals surface area contributed by atoms with E-state index in [0.29, 0.717) is 5.56 Å². The number of carboxylic acid groups (broad SMARTS) is 1. The molecule has 4 rings (SSSR count). The molecule has 0 radical (unpaired) electrons. The summed E-state index contributed by atoms with van der Waals surface area (Å²) in [6.45, 7) is 1.56. The minimum atomic E-state index is -1.21. The van der Waals surface area contributed by atoms with Crippen molar-refractivity contribution >= 4 is 23.9 Å². The number of aliphatic hydroxyl groups is 1. The molecule has 2 aromatic rings. The Kier molecular flexibility index (Phi) is 6.51. The number of benzene rings is 2. The molecule has 2 aliphatic heterocycles. The lowest BCUT2D eigenvalue weighted by atomic mass is 9.91. The van der Waals surface area contributed by atoms with Gasteiger partial charge in [0.2, 0.25) is 11.8 Å². The largest absolute Gasteiger partial charge is 0.480 e. The molecule has 2 fully saturated rings. The van der Waals surface area contributed by atoms with Gasteiger partial charge >= 0.3 is 12.1 Å². The van der Waals surface area contributed by atoms with Gasteiger partial charge in [-0.2, -0.15) is 0 Å². The lowest BCUT2D eigenvalue weighted by Crippen LogP contribution is -2.73. The monoisotopic (exact) mass is 467 g/mol. The van der Waals surface area contributed by atoms with E-state index in [0.717, 1.165) is 10.5 Å². The standard InChI is InChI=1S/C24H25N3O7/c1-13-18(23(31)32)27-19(20(13)28)17(22(27)30)25-21(29)16(15-10-6-3-7-11-15)26-24(33)34-12-14-8-4-2-5-9-14/h2-11,13,16-20,28H,12H2,1H3,(H,25,29)(H,26,33)(H,31,32)/t13?,16?,17?,18?,19-,20?/m0/s1. The van der Waals surface area contributed by atoms with Crippen molar-refractivity contribution in [1.82, 2.24) is 15.5 Å². The van der Waals surface area contributed by atoms with Crippen LogP contribution in [0.3, 0.4) is 0 Å². The number of alkyl carbamates (subject to hydrolysis) is 1. The molecule has 2 aromatic carbocycles. The van der Waals surface area contributed by atoms with Gasteiger partial charge in [0, 0.05) is 5.92 Å². The average molecular weight is 467 g/mol. The van der Waals surface area contributed by atoms with Crippen molar-refractivity contribution in [2.24, 2.45) is 5.92 Å². The Labute approximate surface area is 195 Å². The zero-order valence-corrected chi connectivity index (χ0v) is 18.3. The Balaban J connectivity index is 1.46. The maximum Gasteiger partial charge on any atom is 0.408 e. The van der Waals surface area contributed by atoms with Gasteiger partial charge in [-0.3, -0.25) is 9.59 Å². The highest BCUT2D eigenvalue weighted by molar-refractivity contribution is 5.99. The minimum absolute atomic E-state index is 0.00854. The van der Waals surface area contributed by atoms with Crippen LogP contribution in [0.15, 0.2) is 60.7 Å². The van der Waals surface area contributed by atoms with Crippen LogP contribution in [0, 0.1) is 5.92 Å². The van der Waals surface area contributed by atoms with Crippen molar-refractivity contribution in [2.75, 3.05) is 0 Å². The molecule has 2 saturated heterocycles. The number of carboxylic acids is 1. The number of hydrogen-bond donors (Lipinski definition) is 4. The molecule has 10 heteroatoms. The highest BCUT2D eigenvalue weighted by atomic mass is 16.5. The van der Waals surface area contributed by atoms with Crippen LogP contribution in [-0.4, -0.2) is 63.2 Å². The van der Waals surface area contributed by atoms with Crippen LogP contribution >= 0.6 is 0 Å². The van der Waals surface area contributed by atoms with Crippen molar-refractivity contribution in [3.05, 3.63) is 71.8 Å². The van der Waals surface area contributed by atoms with Crippen LogP contribution < -0.4 is 10.6 Å². The lowest BCUT2D eigenvalue weighted by molar-refractivity contribution is -0.163. The van der Waals surface area contributed by atoms with Crippen molar-refractivity contribution in [3.63, 3.8) is 0 Å². The van der Waals surface area contributed by atoms with Gasteiger partial charge in [-0.1, -0.05) is 67.6 Å². The third kappa shape index (κ3) is 4.32. The summed E-state index contributed by atoms with van der Waals surface area (Å²) in [7, 11) is 0. The predicted molar refractivity (Wildman–Crippen MR) is 118 cm³/mol. The Morgan fingerprint density at radius 1 is 1.06 bits per heavy atom. The van der Waals surface area contributed by atoms with Crippen LogP contribution in [0.1, 0.15) is 24.1 Å². The predicted octanol–water partition coefficient (Wildman–Crippen LogP) is 0.813. The molecule has 4 N–H and O–H groups in total. The molecule has 34 heavy (non-hydrogen) atoms. The highest BCUT2D eigenvalue weighted by Crippen LogP contribution is 2.39. The normalized spacial score (nSPS) is 26.1. The summed E-state index contributed by atoms with van der Waals surface area (Å²) in [5, 5.41) is 25.0. The number of ether oxygens (including phenoxy) is 1. The maximum absolute atomic E-state index is 13.1. The van der Waals surface area contributed by atoms with E-state index in [1.165, 1.54) is 0 Å². The van der Waals surface area contributed by atoms with Crippen molar-refractivity contribution in [2.45, 2.75) is 43.8 Å². The number of carbonyl (C=O) groups excluding carboxylic acids is 3. The molecule has 0 aromatic heterocycles. The fourth-order valence-corrected chi connectivity index (χ4v) is 4.52. The van der Waals surface area contributed by atoms with Gasteiger partial charge in [0.1, 0.15) is 24.7 Å². The zero-order chi connectivity index (χ0) is 24.4. The number of hydrogen-bond acceptors (Lipinski definition) is 6. The van der Waals surface area contributed by atoms with E-state index in [4.69, 9.17) is 4.74 Å². The Bertz CT molecular complexity index is 1080. The molecule has 178 valence electrons. The second-order valence-corrected chi connectivity index (χ2v) is 8.40. The first kappa shape index (κ1) is 23.2. The lowest BCUT2D eigenvalue weighted by Gasteiger charge is -2.45. The van der Waals surface area contributed by atoms with Crippen LogP contribution in [0.4, 0.5) is 4.79 Å². The third-order valence-corrected chi connectivity index (χ3v) is 6.29. The summed E-state index contributed by atoms with van der Waals surface area (Å²) in [5.74, 6) is -3.17. The second-order valence-electron chi connectivity index (χ2n) is 8.40. The summed E-state index contributed by atoms with van der Waals surface area (Å²) < 4.78 is 5.23. The number of aliphatic hydroxyl groups excluding tert-OH is 1. The Morgan fingerprint density at radius 2 is 1.68 bits per heavy atom. The quantitative estimate of drug-likeness (QED) is 0.441. The molecule has 10 nitrogen and oxygen atoms in total. The highest BCUT2D eigenvalue weighted by Gasteiger charge is 2.64. The molecule has 6 atom stereocenters. The molecule has 5 unspecified atom stereocenters. The summed E-state index contributed by atoms with van der Waals surface area (Å²) in [5.41, 5.74) is 1.24. The fourth-order valence-electron chi connectivity index (χ4n) is 4.52. The van der Waals surface area contributed by atoms with E-state index >= 15 is 0 Å². The molecule has 0 saturated carbocycles. The van der Waals surface area contributed by atoms with Crippen LogP contribution in [0.5, 0.6) is 0 Å². The van der Waals surface area contributed by atoms with E-state index < -0.39 is 60.1 Å². The van der Waals surface area contributed by atoms with Gasteiger partial charge in [0.05, 0.1) is 12.1 Å². The van der Waals surface area contributed by atoms with E-state index in [2.05, 4.69) is 10.6 Å². The van der Waals surface area contributed by atoms with Crippen LogP contribution in [0.25, 0.3) is 0 Å². The van der Waals surface area contributed by atoms with E-state index in [9.17, 15) is 29.4 Å². The molecule has 2 heterocycles. The van der Waals surface area contributed by atoms with E-state index in [1.807, 2.05) is 18.2 Å². The maximum atomic E-state index is 13.1. The number of carbonyl (C=O) groups is 4. The number of rotatable bonds is 7. The van der Waals surface area contributed by atoms with Crippen LogP contribution in [0.2, 0.25) is 0 Å². The molecule has 0 aliphatic carbocycles. The first-order chi connectivity index (χ1) is 16.3. The third-order valence-electron chi connectivity index (χ3n) is 6.29. The Morgan fingerprint density at radius 3 is 2.29 bits per heavy atom. The van der Waals surface area contributed by atoms with Crippen molar-refractivity contribution in [3.8, 4) is 0 Å². The van der Waals surface area contributed by atoms with Gasteiger partial charge in [-0.25, -0.2) is 9.59 Å². The van der Waals surface area contributed by atoms with Crippen LogP contribution in [-0.2, 0) is 25.7 Å². The molecule has 3 amide bonds. The van der Waals surface area contributed by atoms with E-state index in [1.54, 1.807) is 49.4 Å². The zero-order valence-electron chi connectivity index (χ0n) is 18.3. The SMILES string of the molecule is CC1C(O)[C@@H]2C(NC(=O)C(NC(=O)OCc3ccccc3)c3ccccc3)C(=O)N2C1C(=O)O. The summed E-state index contributed by atoms with van der Waals surface area (Å²) >= 11 is 0. The molecule has 0 bridgehead atoms. The number of fused-ring (bicyclic) bond motifs is 1. The number of amides is 3. The van der Waals surface area contributed by atoms with Crippen molar-refractivity contribution in [1.29, 1.82) is 0 Å². The summed E-state index contributed by atoms with van der Waals surface area (Å²) in [4.78, 5) is 50.9. The average Bonchev–Trinajstić information content (AvgIpc) is 3.08. The number of aliphatic carboxylic acids is 1. The van der Waals surface area contributed by atoms with Gasteiger partial charge in [0.25, 0.3) is 0 Å². The molecule has 0 spiro atoms. The van der Waals surface area contributed by atoms with Crippen molar-refractivity contribution < 1.29 is 34.1 Å². The number of nitrogens with zero attached hydrogens (tertiary/aromatic N) is 1. The fraction of sp³-hybridized carbons (Fsp3) is 0.333. The first-order valence-electron chi connectivity index (χ1n) is 10.8. The summed E-state index contributed by atoms with van der Waals surface area (Å²) in [6, 6.07) is 13.2. The number of β-lactam (4-membered cyclic amide) rings is 1. The van der Waals surface area contributed by atoms with Gasteiger partial charge in [-0.05, 0) is 11.1 Å². The molecular weight excluding hydrogens is 442 g/mol. The summed E-state index contributed by atoms with van der Waals surface area (Å²) in [6.07, 6.45) is -1.93. The second kappa shape index (κ2) is 9.52. The Hall–Kier alpha value is -3.92. The molecule has 2 aliphatic rings. The number of nitrogens with one attached hydrogen (secondary N) is 2. The van der Waals surface area contributed by atoms with E-state index in [-0.39, 0.29) is 6.61 Å². The van der Waals surface area contributed by atoms with Gasteiger partial charge in [-0.15, -0.1) is 0 Å². The molecular formula is C24H25N3O7. The topological polar surface area (TPSA) is 145 Å². The smallest absolute Gasteiger partial charge is 0.408 e. The first-order valence-corrected chi connectivity index (χ1v) is 10.8. The van der Waals surface area contributed by atoms with Gasteiger partial charge < -0.3 is 30.5 Å². The van der Waals surface area contributed by atoms with Gasteiger partial charge in [0.15, 0.2) is 0 Å². The minimum Gasteiger partial charge on any atom is -0.480 e.